The Hall–Kier alpha value is -3.90. The first-order valence-corrected chi connectivity index (χ1v) is 13.7. The van der Waals surface area contributed by atoms with E-state index in [1.807, 2.05) is 61.5 Å². The van der Waals surface area contributed by atoms with E-state index in [1.54, 1.807) is 23.1 Å². The van der Waals surface area contributed by atoms with Crippen molar-refractivity contribution in [2.45, 2.75) is 46.8 Å². The Balaban J connectivity index is 1.69. The van der Waals surface area contributed by atoms with Crippen LogP contribution in [-0.2, 0) is 22.6 Å². The molecule has 1 heterocycles. The van der Waals surface area contributed by atoms with Gasteiger partial charge in [0.1, 0.15) is 18.1 Å². The number of ketones is 1. The number of aryl methyl sites for hydroxylation is 2. The van der Waals surface area contributed by atoms with Gasteiger partial charge in [-0.25, -0.2) is 0 Å². The van der Waals surface area contributed by atoms with Crippen LogP contribution in [0, 0.1) is 6.92 Å². The highest BCUT2D eigenvalue weighted by molar-refractivity contribution is 6.46. The lowest BCUT2D eigenvalue weighted by atomic mass is 9.94. The molecular formula is C33H38N2O4. The highest BCUT2D eigenvalue weighted by Crippen LogP contribution is 2.40. The van der Waals surface area contributed by atoms with Crippen molar-refractivity contribution in [3.8, 4) is 5.75 Å². The van der Waals surface area contributed by atoms with Gasteiger partial charge in [0.2, 0.25) is 0 Å². The number of benzene rings is 3. The Morgan fingerprint density at radius 3 is 2.23 bits per heavy atom. The minimum Gasteiger partial charge on any atom is -0.507 e. The van der Waals surface area contributed by atoms with E-state index in [9.17, 15) is 14.7 Å². The number of rotatable bonds is 11. The van der Waals surface area contributed by atoms with Crippen LogP contribution in [0.5, 0.6) is 5.75 Å². The number of hydrogen-bond acceptors (Lipinski definition) is 5. The second-order valence-electron chi connectivity index (χ2n) is 9.87. The number of aliphatic hydroxyl groups is 1. The maximum atomic E-state index is 13.4. The zero-order chi connectivity index (χ0) is 27.9. The molecule has 0 unspecified atom stereocenters. The van der Waals surface area contributed by atoms with Gasteiger partial charge >= 0.3 is 0 Å². The molecule has 1 amide bonds. The van der Waals surface area contributed by atoms with Crippen molar-refractivity contribution < 1.29 is 19.4 Å². The molecule has 204 valence electrons. The minimum atomic E-state index is -0.654. The van der Waals surface area contributed by atoms with Gasteiger partial charge in [0.15, 0.2) is 0 Å². The van der Waals surface area contributed by atoms with Crippen LogP contribution in [0.2, 0.25) is 0 Å². The van der Waals surface area contributed by atoms with Crippen LogP contribution in [0.1, 0.15) is 54.6 Å². The molecule has 1 fully saturated rings. The number of ether oxygens (including phenoxy) is 1. The number of Topliss-reactive ketones (excluding diaryl/α,β-unsaturated/α-hetero) is 1. The Labute approximate surface area is 231 Å². The summed E-state index contributed by atoms with van der Waals surface area (Å²) in [6.07, 6.45) is 0.889. The Morgan fingerprint density at radius 2 is 1.62 bits per heavy atom. The van der Waals surface area contributed by atoms with Crippen LogP contribution in [0.3, 0.4) is 0 Å². The fraction of sp³-hybridized carbons (Fsp3) is 0.333. The molecule has 4 rings (SSSR count). The smallest absolute Gasteiger partial charge is 0.295 e. The first-order valence-electron chi connectivity index (χ1n) is 13.7. The predicted molar refractivity (Wildman–Crippen MR) is 155 cm³/mol. The van der Waals surface area contributed by atoms with Crippen molar-refractivity contribution in [3.05, 3.63) is 106 Å². The molecule has 1 aliphatic rings. The van der Waals surface area contributed by atoms with Gasteiger partial charge in [-0.2, -0.15) is 0 Å². The number of likely N-dealkylation sites (N-methyl/N-ethyl adjacent to an activating group) is 1. The lowest BCUT2D eigenvalue weighted by molar-refractivity contribution is -0.140. The van der Waals surface area contributed by atoms with Crippen LogP contribution in [0.4, 0.5) is 0 Å². The Kier molecular flexibility index (Phi) is 9.20. The molecule has 39 heavy (non-hydrogen) atoms. The van der Waals surface area contributed by atoms with E-state index in [4.69, 9.17) is 4.74 Å². The van der Waals surface area contributed by atoms with Gasteiger partial charge in [0.05, 0.1) is 11.6 Å². The number of amides is 1. The Morgan fingerprint density at radius 1 is 0.923 bits per heavy atom. The summed E-state index contributed by atoms with van der Waals surface area (Å²) in [5, 5.41) is 11.5. The Bertz CT molecular complexity index is 1330. The van der Waals surface area contributed by atoms with Gasteiger partial charge in [-0.1, -0.05) is 75.4 Å². The molecule has 3 aromatic rings. The first kappa shape index (κ1) is 28.1. The zero-order valence-corrected chi connectivity index (χ0v) is 23.3. The molecule has 0 aliphatic carbocycles. The SMILES string of the molecule is CCc1ccc([C@H]2/C(=C(\O)c3ccc(OCc4ccccc4)c(C)c3)C(=O)C(=O)N2CCN(CC)CC)cc1. The number of hydrogen-bond donors (Lipinski definition) is 1. The van der Waals surface area contributed by atoms with Gasteiger partial charge < -0.3 is 19.6 Å². The standard InChI is InChI=1S/C33H38N2O4/c1-5-24-13-15-26(16-14-24)30-29(32(37)33(38)35(30)20-19-34(6-2)7-3)31(36)27-17-18-28(23(4)21-27)39-22-25-11-9-8-10-12-25/h8-18,21,30,36H,5-7,19-20,22H2,1-4H3/b31-29+/t30-/m0/s1. The lowest BCUT2D eigenvalue weighted by Gasteiger charge is -2.28. The number of carbonyl (C=O) groups is 2. The molecule has 1 N–H and O–H groups in total. The zero-order valence-electron chi connectivity index (χ0n) is 23.3. The summed E-state index contributed by atoms with van der Waals surface area (Å²) in [6, 6.07) is 22.5. The molecule has 1 aliphatic heterocycles. The maximum absolute atomic E-state index is 13.4. The summed E-state index contributed by atoms with van der Waals surface area (Å²) in [4.78, 5) is 30.5. The maximum Gasteiger partial charge on any atom is 0.295 e. The van der Waals surface area contributed by atoms with Gasteiger partial charge in [-0.15, -0.1) is 0 Å². The summed E-state index contributed by atoms with van der Waals surface area (Å²) in [5.41, 5.74) is 4.47. The molecule has 1 atom stereocenters. The predicted octanol–water partition coefficient (Wildman–Crippen LogP) is 5.90. The fourth-order valence-electron chi connectivity index (χ4n) is 5.03. The monoisotopic (exact) mass is 526 g/mol. The quantitative estimate of drug-likeness (QED) is 0.191. The average Bonchev–Trinajstić information content (AvgIpc) is 3.22. The summed E-state index contributed by atoms with van der Waals surface area (Å²) in [6.45, 7) is 11.3. The number of likely N-dealkylation sites (tertiary alicyclic amines) is 1. The van der Waals surface area contributed by atoms with Crippen molar-refractivity contribution >= 4 is 17.4 Å². The third-order valence-corrected chi connectivity index (χ3v) is 7.48. The highest BCUT2D eigenvalue weighted by atomic mass is 16.5. The largest absolute Gasteiger partial charge is 0.507 e. The molecule has 0 bridgehead atoms. The van der Waals surface area contributed by atoms with E-state index in [0.29, 0.717) is 31.0 Å². The molecule has 0 spiro atoms. The fourth-order valence-corrected chi connectivity index (χ4v) is 5.03. The third kappa shape index (κ3) is 6.23. The number of carbonyl (C=O) groups excluding carboxylic acids is 2. The van der Waals surface area contributed by atoms with Crippen LogP contribution in [-0.4, -0.2) is 52.8 Å². The molecule has 0 saturated carbocycles. The first-order chi connectivity index (χ1) is 18.9. The highest BCUT2D eigenvalue weighted by Gasteiger charge is 2.46. The molecule has 1 saturated heterocycles. The van der Waals surface area contributed by atoms with Crippen molar-refractivity contribution in [1.82, 2.24) is 9.80 Å². The topological polar surface area (TPSA) is 70.1 Å². The number of nitrogens with zero attached hydrogens (tertiary/aromatic N) is 2. The number of aliphatic hydroxyl groups excluding tert-OH is 1. The van der Waals surface area contributed by atoms with Gasteiger partial charge in [0.25, 0.3) is 11.7 Å². The van der Waals surface area contributed by atoms with Crippen LogP contribution in [0.15, 0.2) is 78.4 Å². The van der Waals surface area contributed by atoms with Gasteiger partial charge in [0, 0.05) is 18.7 Å². The molecular weight excluding hydrogens is 488 g/mol. The van der Waals surface area contributed by atoms with E-state index in [2.05, 4.69) is 25.7 Å². The van der Waals surface area contributed by atoms with E-state index in [0.717, 1.165) is 36.2 Å². The van der Waals surface area contributed by atoms with E-state index >= 15 is 0 Å². The van der Waals surface area contributed by atoms with Crippen molar-refractivity contribution in [3.63, 3.8) is 0 Å². The third-order valence-electron chi connectivity index (χ3n) is 7.48. The van der Waals surface area contributed by atoms with Gasteiger partial charge in [-0.05, 0) is 66.9 Å². The second-order valence-corrected chi connectivity index (χ2v) is 9.87. The van der Waals surface area contributed by atoms with E-state index < -0.39 is 17.7 Å². The summed E-state index contributed by atoms with van der Waals surface area (Å²) in [7, 11) is 0. The van der Waals surface area contributed by atoms with Crippen molar-refractivity contribution in [2.24, 2.45) is 0 Å². The van der Waals surface area contributed by atoms with Crippen molar-refractivity contribution in [1.29, 1.82) is 0 Å². The molecule has 0 radical (unpaired) electrons. The van der Waals surface area contributed by atoms with Crippen LogP contribution in [0.25, 0.3) is 5.76 Å². The molecule has 0 aromatic heterocycles. The summed E-state index contributed by atoms with van der Waals surface area (Å²) in [5.74, 6) is -0.700. The molecule has 3 aromatic carbocycles. The average molecular weight is 527 g/mol. The van der Waals surface area contributed by atoms with Crippen LogP contribution >= 0.6 is 0 Å². The van der Waals surface area contributed by atoms with Crippen molar-refractivity contribution in [2.75, 3.05) is 26.2 Å². The van der Waals surface area contributed by atoms with Crippen LogP contribution < -0.4 is 4.74 Å². The van der Waals surface area contributed by atoms with Gasteiger partial charge in [-0.3, -0.25) is 9.59 Å². The minimum absolute atomic E-state index is 0.126. The lowest BCUT2D eigenvalue weighted by Crippen LogP contribution is -2.38. The normalized spacial score (nSPS) is 16.7. The summed E-state index contributed by atoms with van der Waals surface area (Å²) >= 11 is 0. The van der Waals surface area contributed by atoms with E-state index in [1.165, 1.54) is 5.56 Å². The van der Waals surface area contributed by atoms with E-state index in [-0.39, 0.29) is 11.3 Å². The summed E-state index contributed by atoms with van der Waals surface area (Å²) < 4.78 is 5.99. The molecule has 6 heteroatoms. The second kappa shape index (κ2) is 12.8. The molecule has 6 nitrogen and oxygen atoms in total.